The zero-order valence-electron chi connectivity index (χ0n) is 13.6. The van der Waals surface area contributed by atoms with Crippen LogP contribution >= 0.6 is 0 Å². The highest BCUT2D eigenvalue weighted by molar-refractivity contribution is 5.88. The van der Waals surface area contributed by atoms with Gasteiger partial charge in [0.2, 0.25) is 5.91 Å². The molecule has 0 saturated carbocycles. The number of aromatic nitrogens is 4. The second kappa shape index (κ2) is 5.55. The third kappa shape index (κ3) is 2.40. The van der Waals surface area contributed by atoms with Crippen LogP contribution in [0.4, 0.5) is 5.82 Å². The molecular weight excluding hydrogens is 280 g/mol. The lowest BCUT2D eigenvalue weighted by molar-refractivity contribution is -0.134. The second-order valence-corrected chi connectivity index (χ2v) is 6.07. The number of aryl methyl sites for hydroxylation is 2. The van der Waals surface area contributed by atoms with Crippen LogP contribution in [0.1, 0.15) is 19.5 Å². The van der Waals surface area contributed by atoms with Crippen LogP contribution in [0.3, 0.4) is 0 Å². The summed E-state index contributed by atoms with van der Waals surface area (Å²) in [7, 11) is 1.92. The highest BCUT2D eigenvalue weighted by Crippen LogP contribution is 2.25. The third-order valence-corrected chi connectivity index (χ3v) is 4.15. The Balaban J connectivity index is 1.84. The van der Waals surface area contributed by atoms with Crippen molar-refractivity contribution in [3.63, 3.8) is 0 Å². The number of fused-ring (bicyclic) bond motifs is 1. The molecule has 0 atom stereocenters. The van der Waals surface area contributed by atoms with E-state index < -0.39 is 0 Å². The molecule has 2 aromatic heterocycles. The fraction of sp³-hybridized carbons (Fsp3) is 0.600. The molecule has 0 N–H and O–H groups in total. The SMILES string of the molecule is Cc1nn(C)c2c(N3CCN(C(=O)C(C)C)CC3)ncnc12. The van der Waals surface area contributed by atoms with Crippen LogP contribution in [-0.4, -0.2) is 56.7 Å². The van der Waals surface area contributed by atoms with Crippen molar-refractivity contribution in [2.24, 2.45) is 13.0 Å². The van der Waals surface area contributed by atoms with Crippen LogP contribution in [0.2, 0.25) is 0 Å². The Morgan fingerprint density at radius 3 is 2.50 bits per heavy atom. The summed E-state index contributed by atoms with van der Waals surface area (Å²) in [5.74, 6) is 1.19. The number of rotatable bonds is 2. The maximum Gasteiger partial charge on any atom is 0.225 e. The molecule has 118 valence electrons. The normalized spacial score (nSPS) is 15.9. The number of hydrogen-bond acceptors (Lipinski definition) is 5. The van der Waals surface area contributed by atoms with E-state index in [1.54, 1.807) is 6.33 Å². The van der Waals surface area contributed by atoms with E-state index >= 15 is 0 Å². The van der Waals surface area contributed by atoms with Crippen molar-refractivity contribution >= 4 is 22.8 Å². The Morgan fingerprint density at radius 2 is 1.86 bits per heavy atom. The minimum atomic E-state index is 0.0528. The minimum Gasteiger partial charge on any atom is -0.351 e. The van der Waals surface area contributed by atoms with Crippen LogP contribution in [0.15, 0.2) is 6.33 Å². The Bertz CT molecular complexity index is 699. The van der Waals surface area contributed by atoms with Crippen LogP contribution in [0.5, 0.6) is 0 Å². The molecule has 2 aromatic rings. The van der Waals surface area contributed by atoms with Crippen molar-refractivity contribution in [3.8, 4) is 0 Å². The molecule has 1 saturated heterocycles. The summed E-state index contributed by atoms with van der Waals surface area (Å²) in [4.78, 5) is 25.0. The predicted octanol–water partition coefficient (Wildman–Crippen LogP) is 0.976. The summed E-state index contributed by atoms with van der Waals surface area (Å²) in [6, 6.07) is 0. The molecule has 1 fully saturated rings. The molecule has 1 aliphatic rings. The quantitative estimate of drug-likeness (QED) is 0.827. The largest absolute Gasteiger partial charge is 0.351 e. The smallest absolute Gasteiger partial charge is 0.225 e. The van der Waals surface area contributed by atoms with Crippen molar-refractivity contribution < 1.29 is 4.79 Å². The monoisotopic (exact) mass is 302 g/mol. The van der Waals surface area contributed by atoms with Crippen molar-refractivity contribution in [1.82, 2.24) is 24.6 Å². The highest BCUT2D eigenvalue weighted by atomic mass is 16.2. The van der Waals surface area contributed by atoms with Gasteiger partial charge in [-0.05, 0) is 6.92 Å². The number of amides is 1. The Labute approximate surface area is 129 Å². The van der Waals surface area contributed by atoms with Gasteiger partial charge in [0.1, 0.15) is 17.4 Å². The van der Waals surface area contributed by atoms with E-state index in [1.165, 1.54) is 0 Å². The summed E-state index contributed by atoms with van der Waals surface area (Å²) in [6.45, 7) is 8.89. The lowest BCUT2D eigenvalue weighted by Gasteiger charge is -2.36. The molecule has 7 nitrogen and oxygen atoms in total. The van der Waals surface area contributed by atoms with Crippen molar-refractivity contribution in [2.75, 3.05) is 31.1 Å². The summed E-state index contributed by atoms with van der Waals surface area (Å²) in [6.07, 6.45) is 1.60. The molecule has 1 amide bonds. The van der Waals surface area contributed by atoms with Crippen molar-refractivity contribution in [3.05, 3.63) is 12.0 Å². The Morgan fingerprint density at radius 1 is 1.18 bits per heavy atom. The molecule has 1 aliphatic heterocycles. The van der Waals surface area contributed by atoms with Gasteiger partial charge in [-0.2, -0.15) is 5.10 Å². The van der Waals surface area contributed by atoms with Gasteiger partial charge < -0.3 is 9.80 Å². The first-order valence-electron chi connectivity index (χ1n) is 7.67. The third-order valence-electron chi connectivity index (χ3n) is 4.15. The maximum absolute atomic E-state index is 12.1. The number of hydrogen-bond donors (Lipinski definition) is 0. The summed E-state index contributed by atoms with van der Waals surface area (Å²) in [5.41, 5.74) is 2.77. The molecule has 0 bridgehead atoms. The predicted molar refractivity (Wildman–Crippen MR) is 84.7 cm³/mol. The van der Waals surface area contributed by atoms with E-state index in [4.69, 9.17) is 0 Å². The van der Waals surface area contributed by atoms with Gasteiger partial charge in [0, 0.05) is 39.1 Å². The molecular formula is C15H22N6O. The van der Waals surface area contributed by atoms with Crippen LogP contribution in [0, 0.1) is 12.8 Å². The van der Waals surface area contributed by atoms with Gasteiger partial charge in [-0.3, -0.25) is 9.48 Å². The van der Waals surface area contributed by atoms with Crippen LogP contribution in [-0.2, 0) is 11.8 Å². The number of nitrogens with zero attached hydrogens (tertiary/aromatic N) is 6. The number of piperazine rings is 1. The average Bonchev–Trinajstić information content (AvgIpc) is 2.81. The molecule has 0 aliphatic carbocycles. The highest BCUT2D eigenvalue weighted by Gasteiger charge is 2.25. The first-order valence-corrected chi connectivity index (χ1v) is 7.67. The van der Waals surface area contributed by atoms with Gasteiger partial charge in [0.25, 0.3) is 0 Å². The minimum absolute atomic E-state index is 0.0528. The molecule has 0 aromatic carbocycles. The van der Waals surface area contributed by atoms with E-state index in [2.05, 4.69) is 20.0 Å². The topological polar surface area (TPSA) is 67.2 Å². The van der Waals surface area contributed by atoms with Crippen LogP contribution in [0.25, 0.3) is 11.0 Å². The maximum atomic E-state index is 12.1. The van der Waals surface area contributed by atoms with Crippen molar-refractivity contribution in [1.29, 1.82) is 0 Å². The van der Waals surface area contributed by atoms with Gasteiger partial charge in [-0.25, -0.2) is 9.97 Å². The standard InChI is InChI=1S/C15H22N6O/c1-10(2)15(22)21-7-5-20(6-8-21)14-13-12(16-9-17-14)11(3)18-19(13)4/h9-10H,5-8H2,1-4H3. The van der Waals surface area contributed by atoms with Gasteiger partial charge in [0.05, 0.1) is 5.69 Å². The Kier molecular flexibility index (Phi) is 3.72. The summed E-state index contributed by atoms with van der Waals surface area (Å²) >= 11 is 0. The van der Waals surface area contributed by atoms with Gasteiger partial charge in [-0.15, -0.1) is 0 Å². The van der Waals surface area contributed by atoms with E-state index in [9.17, 15) is 4.79 Å². The van der Waals surface area contributed by atoms with E-state index in [0.717, 1.165) is 48.7 Å². The fourth-order valence-electron chi connectivity index (χ4n) is 2.99. The zero-order chi connectivity index (χ0) is 15.9. The summed E-state index contributed by atoms with van der Waals surface area (Å²) < 4.78 is 1.84. The first-order chi connectivity index (χ1) is 10.5. The zero-order valence-corrected chi connectivity index (χ0v) is 13.6. The molecule has 22 heavy (non-hydrogen) atoms. The number of anilines is 1. The second-order valence-electron chi connectivity index (χ2n) is 6.07. The number of carbonyl (C=O) groups is 1. The molecule has 0 spiro atoms. The van der Waals surface area contributed by atoms with E-state index in [-0.39, 0.29) is 11.8 Å². The van der Waals surface area contributed by atoms with Gasteiger partial charge in [-0.1, -0.05) is 13.8 Å². The van der Waals surface area contributed by atoms with E-state index in [0.29, 0.717) is 0 Å². The van der Waals surface area contributed by atoms with Crippen LogP contribution < -0.4 is 4.90 Å². The summed E-state index contributed by atoms with van der Waals surface area (Å²) in [5, 5.41) is 4.44. The fourth-order valence-corrected chi connectivity index (χ4v) is 2.99. The molecule has 7 heteroatoms. The molecule has 0 radical (unpaired) electrons. The Hall–Kier alpha value is -2.18. The molecule has 0 unspecified atom stereocenters. The number of carbonyl (C=O) groups excluding carboxylic acids is 1. The molecule has 3 rings (SSSR count). The van der Waals surface area contributed by atoms with Crippen molar-refractivity contribution in [2.45, 2.75) is 20.8 Å². The lowest BCUT2D eigenvalue weighted by atomic mass is 10.1. The first kappa shape index (κ1) is 14.7. The average molecular weight is 302 g/mol. The van der Waals surface area contributed by atoms with E-state index in [1.807, 2.05) is 37.4 Å². The lowest BCUT2D eigenvalue weighted by Crippen LogP contribution is -2.50. The van der Waals surface area contributed by atoms with Gasteiger partial charge >= 0.3 is 0 Å². The van der Waals surface area contributed by atoms with Gasteiger partial charge in [0.15, 0.2) is 5.82 Å². The molecule has 3 heterocycles.